The van der Waals surface area contributed by atoms with Gasteiger partial charge in [0.1, 0.15) is 12.1 Å². The first-order valence-corrected chi connectivity index (χ1v) is 8.25. The van der Waals surface area contributed by atoms with E-state index >= 15 is 0 Å². The van der Waals surface area contributed by atoms with E-state index in [4.69, 9.17) is 0 Å². The fourth-order valence-corrected chi connectivity index (χ4v) is 2.95. The zero-order chi connectivity index (χ0) is 17.2. The van der Waals surface area contributed by atoms with Crippen molar-refractivity contribution in [3.63, 3.8) is 0 Å². The van der Waals surface area contributed by atoms with Crippen LogP contribution in [0.5, 0.6) is 0 Å². The Morgan fingerprint density at radius 1 is 1.00 bits per heavy atom. The average molecular weight is 329 g/mol. The van der Waals surface area contributed by atoms with Crippen LogP contribution in [0.1, 0.15) is 16.7 Å². The molecular formula is C20H19N5. The van der Waals surface area contributed by atoms with Crippen LogP contribution >= 0.6 is 0 Å². The molecule has 0 saturated heterocycles. The second kappa shape index (κ2) is 6.36. The summed E-state index contributed by atoms with van der Waals surface area (Å²) in [4.78, 5) is 8.84. The molecule has 0 atom stereocenters. The van der Waals surface area contributed by atoms with Crippen LogP contribution in [-0.2, 0) is 6.54 Å². The smallest absolute Gasteiger partial charge is 0.163 e. The lowest BCUT2D eigenvalue weighted by atomic mass is 10.1. The molecule has 2 aromatic heterocycles. The van der Waals surface area contributed by atoms with Gasteiger partial charge in [-0.1, -0.05) is 48.0 Å². The highest BCUT2D eigenvalue weighted by Crippen LogP contribution is 2.25. The molecule has 4 aromatic rings. The van der Waals surface area contributed by atoms with Gasteiger partial charge in [0, 0.05) is 5.69 Å². The first-order valence-electron chi connectivity index (χ1n) is 8.25. The lowest BCUT2D eigenvalue weighted by Gasteiger charge is -2.10. The van der Waals surface area contributed by atoms with E-state index in [1.165, 1.54) is 16.7 Å². The molecule has 0 spiro atoms. The highest BCUT2D eigenvalue weighted by atomic mass is 15.3. The Kier molecular flexibility index (Phi) is 3.90. The average Bonchev–Trinajstić information content (AvgIpc) is 3.02. The van der Waals surface area contributed by atoms with E-state index < -0.39 is 0 Å². The monoisotopic (exact) mass is 329 g/mol. The molecule has 0 unspecified atom stereocenters. The minimum atomic E-state index is 0.685. The molecular weight excluding hydrogens is 310 g/mol. The van der Waals surface area contributed by atoms with Crippen molar-refractivity contribution in [1.29, 1.82) is 0 Å². The van der Waals surface area contributed by atoms with Gasteiger partial charge in [0.25, 0.3) is 0 Å². The van der Waals surface area contributed by atoms with Crippen LogP contribution < -0.4 is 5.32 Å². The van der Waals surface area contributed by atoms with Gasteiger partial charge in [-0.15, -0.1) is 0 Å². The van der Waals surface area contributed by atoms with Crippen molar-refractivity contribution < 1.29 is 0 Å². The van der Waals surface area contributed by atoms with Gasteiger partial charge in [-0.3, -0.25) is 0 Å². The second-order valence-electron chi connectivity index (χ2n) is 6.19. The number of anilines is 2. The maximum Gasteiger partial charge on any atom is 0.163 e. The van der Waals surface area contributed by atoms with Gasteiger partial charge in [0.15, 0.2) is 5.65 Å². The van der Waals surface area contributed by atoms with E-state index in [2.05, 4.69) is 64.6 Å². The molecule has 5 heteroatoms. The van der Waals surface area contributed by atoms with Gasteiger partial charge < -0.3 is 5.32 Å². The number of nitrogens with one attached hydrogen (secondary N) is 1. The highest BCUT2D eigenvalue weighted by molar-refractivity contribution is 5.88. The number of hydrogen-bond acceptors (Lipinski definition) is 4. The third-order valence-electron chi connectivity index (χ3n) is 4.24. The molecule has 0 saturated carbocycles. The third-order valence-corrected chi connectivity index (χ3v) is 4.24. The maximum absolute atomic E-state index is 4.50. The van der Waals surface area contributed by atoms with Crippen LogP contribution in [0.2, 0.25) is 0 Å². The van der Waals surface area contributed by atoms with E-state index in [0.717, 1.165) is 22.5 Å². The Balaban J connectivity index is 1.69. The number of benzene rings is 2. The summed E-state index contributed by atoms with van der Waals surface area (Å²) >= 11 is 0. The number of aromatic nitrogens is 4. The molecule has 0 bridgehead atoms. The molecule has 0 aliphatic carbocycles. The normalized spacial score (nSPS) is 11.0. The quantitative estimate of drug-likeness (QED) is 0.608. The summed E-state index contributed by atoms with van der Waals surface area (Å²) in [6.45, 7) is 4.87. The lowest BCUT2D eigenvalue weighted by molar-refractivity contribution is 0.704. The largest absolute Gasteiger partial charge is 0.339 e. The molecule has 0 aliphatic rings. The van der Waals surface area contributed by atoms with Gasteiger partial charge in [0.2, 0.25) is 0 Å². The Labute approximate surface area is 146 Å². The van der Waals surface area contributed by atoms with Gasteiger partial charge in [-0.05, 0) is 31.0 Å². The van der Waals surface area contributed by atoms with Gasteiger partial charge in [-0.2, -0.15) is 5.10 Å². The molecule has 124 valence electrons. The van der Waals surface area contributed by atoms with Crippen molar-refractivity contribution in [2.75, 3.05) is 5.32 Å². The molecule has 2 heterocycles. The van der Waals surface area contributed by atoms with E-state index in [0.29, 0.717) is 6.54 Å². The maximum atomic E-state index is 4.50. The topological polar surface area (TPSA) is 55.6 Å². The van der Waals surface area contributed by atoms with Gasteiger partial charge in [0.05, 0.1) is 18.1 Å². The minimum Gasteiger partial charge on any atom is -0.339 e. The summed E-state index contributed by atoms with van der Waals surface area (Å²) in [5.74, 6) is 0.774. The van der Waals surface area contributed by atoms with Crippen LogP contribution in [0.15, 0.2) is 61.1 Å². The minimum absolute atomic E-state index is 0.685. The van der Waals surface area contributed by atoms with E-state index in [1.807, 2.05) is 29.1 Å². The van der Waals surface area contributed by atoms with E-state index in [9.17, 15) is 0 Å². The SMILES string of the molecule is Cc1ccc(Nc2ncnc3c2cnn3Cc2ccccc2)c(C)c1. The first kappa shape index (κ1) is 15.3. The van der Waals surface area contributed by atoms with Crippen molar-refractivity contribution >= 4 is 22.5 Å². The van der Waals surface area contributed by atoms with E-state index in [-0.39, 0.29) is 0 Å². The number of fused-ring (bicyclic) bond motifs is 1. The summed E-state index contributed by atoms with van der Waals surface area (Å²) in [6, 6.07) is 16.6. The van der Waals surface area contributed by atoms with Crippen molar-refractivity contribution in [3.05, 3.63) is 77.7 Å². The van der Waals surface area contributed by atoms with Crippen molar-refractivity contribution in [1.82, 2.24) is 19.7 Å². The standard InChI is InChI=1S/C20H19N5/c1-14-8-9-18(15(2)10-14)24-19-17-11-23-25(20(17)22-13-21-19)12-16-6-4-3-5-7-16/h3-11,13H,12H2,1-2H3,(H,21,22,24). The number of nitrogens with zero attached hydrogens (tertiary/aromatic N) is 4. The molecule has 1 N–H and O–H groups in total. The third kappa shape index (κ3) is 3.08. The predicted molar refractivity (Wildman–Crippen MR) is 100 cm³/mol. The summed E-state index contributed by atoms with van der Waals surface area (Å²) in [5.41, 5.74) is 5.48. The Bertz CT molecular complexity index is 1020. The molecule has 25 heavy (non-hydrogen) atoms. The number of rotatable bonds is 4. The molecule has 5 nitrogen and oxygen atoms in total. The molecule has 4 rings (SSSR count). The summed E-state index contributed by atoms with van der Waals surface area (Å²) in [7, 11) is 0. The predicted octanol–water partition coefficient (Wildman–Crippen LogP) is 4.24. The first-order chi connectivity index (χ1) is 12.2. The van der Waals surface area contributed by atoms with Crippen LogP contribution in [0, 0.1) is 13.8 Å². The molecule has 0 fully saturated rings. The van der Waals surface area contributed by atoms with E-state index in [1.54, 1.807) is 6.33 Å². The summed E-state index contributed by atoms with van der Waals surface area (Å²) in [5, 5.41) is 8.83. The summed E-state index contributed by atoms with van der Waals surface area (Å²) < 4.78 is 1.90. The fourth-order valence-electron chi connectivity index (χ4n) is 2.95. The van der Waals surface area contributed by atoms with Crippen LogP contribution in [0.4, 0.5) is 11.5 Å². The van der Waals surface area contributed by atoms with Gasteiger partial charge in [-0.25, -0.2) is 14.6 Å². The van der Waals surface area contributed by atoms with Crippen molar-refractivity contribution in [2.24, 2.45) is 0 Å². The highest BCUT2D eigenvalue weighted by Gasteiger charge is 2.11. The number of aryl methyl sites for hydroxylation is 2. The van der Waals surface area contributed by atoms with Gasteiger partial charge >= 0.3 is 0 Å². The van der Waals surface area contributed by atoms with Crippen LogP contribution in [0.3, 0.4) is 0 Å². The van der Waals surface area contributed by atoms with Crippen molar-refractivity contribution in [2.45, 2.75) is 20.4 Å². The zero-order valence-corrected chi connectivity index (χ0v) is 14.3. The molecule has 0 amide bonds. The lowest BCUT2D eigenvalue weighted by Crippen LogP contribution is -2.03. The van der Waals surface area contributed by atoms with Crippen LogP contribution in [0.25, 0.3) is 11.0 Å². The molecule has 0 radical (unpaired) electrons. The Morgan fingerprint density at radius 3 is 2.64 bits per heavy atom. The Morgan fingerprint density at radius 2 is 1.84 bits per heavy atom. The van der Waals surface area contributed by atoms with Crippen LogP contribution in [-0.4, -0.2) is 19.7 Å². The molecule has 2 aromatic carbocycles. The zero-order valence-electron chi connectivity index (χ0n) is 14.3. The number of hydrogen-bond donors (Lipinski definition) is 1. The molecule has 0 aliphatic heterocycles. The second-order valence-corrected chi connectivity index (χ2v) is 6.19. The van der Waals surface area contributed by atoms with Crippen molar-refractivity contribution in [3.8, 4) is 0 Å². The fraction of sp³-hybridized carbons (Fsp3) is 0.150. The Hall–Kier alpha value is -3.21. The summed E-state index contributed by atoms with van der Waals surface area (Å²) in [6.07, 6.45) is 3.40.